The highest BCUT2D eigenvalue weighted by atomic mass is 32.2. The number of hydrogen-bond acceptors (Lipinski definition) is 7. The highest BCUT2D eigenvalue weighted by Gasteiger charge is 2.35. The molecule has 0 saturated carbocycles. The summed E-state index contributed by atoms with van der Waals surface area (Å²) in [5.74, 6) is 0.267. The molecule has 8 nitrogen and oxygen atoms in total. The molecular weight excluding hydrogens is 386 g/mol. The van der Waals surface area contributed by atoms with Crippen molar-refractivity contribution in [1.82, 2.24) is 20.2 Å². The number of carbonyl (C=O) groups is 1. The summed E-state index contributed by atoms with van der Waals surface area (Å²) in [5, 5.41) is 14.1. The van der Waals surface area contributed by atoms with Crippen LogP contribution in [0.25, 0.3) is 10.7 Å². The summed E-state index contributed by atoms with van der Waals surface area (Å²) in [7, 11) is -3.12. The lowest BCUT2D eigenvalue weighted by Gasteiger charge is -2.28. The number of hydrogen-bond donors (Lipinski definition) is 0. The Morgan fingerprint density at radius 1 is 1.22 bits per heavy atom. The molecular formula is C17H17N5O3S2. The number of rotatable bonds is 5. The molecule has 1 aliphatic heterocycles. The Balaban J connectivity index is 1.58. The molecule has 10 heteroatoms. The third-order valence-electron chi connectivity index (χ3n) is 4.35. The van der Waals surface area contributed by atoms with Crippen LogP contribution in [0.5, 0.6) is 0 Å². The summed E-state index contributed by atoms with van der Waals surface area (Å²) >= 11 is 1.49. The average Bonchev–Trinajstić information content (AvgIpc) is 3.37. The number of thiophene rings is 1. The summed E-state index contributed by atoms with van der Waals surface area (Å²) in [6.45, 7) is -0.107. The second-order valence-corrected chi connectivity index (χ2v) is 9.45. The van der Waals surface area contributed by atoms with Gasteiger partial charge in [0.25, 0.3) is 5.91 Å². The van der Waals surface area contributed by atoms with Crippen LogP contribution in [0, 0.1) is 0 Å². The van der Waals surface area contributed by atoms with Gasteiger partial charge in [0.15, 0.2) is 9.84 Å². The number of amides is 1. The Morgan fingerprint density at radius 3 is 2.70 bits per heavy atom. The van der Waals surface area contributed by atoms with E-state index in [9.17, 15) is 13.2 Å². The molecule has 0 N–H and O–H groups in total. The molecule has 2 aromatic heterocycles. The van der Waals surface area contributed by atoms with Crippen molar-refractivity contribution in [1.29, 1.82) is 0 Å². The van der Waals surface area contributed by atoms with E-state index in [1.54, 1.807) is 17.0 Å². The SMILES string of the molecule is O=C(Cn1nnc(-c2cccs2)n1)N(c1ccccc1)[C@H]1CCS(=O)(=O)C1. The Kier molecular flexibility index (Phi) is 4.75. The number of anilines is 1. The van der Waals surface area contributed by atoms with Gasteiger partial charge in [-0.15, -0.1) is 21.5 Å². The highest BCUT2D eigenvalue weighted by Crippen LogP contribution is 2.25. The van der Waals surface area contributed by atoms with Crippen molar-refractivity contribution in [3.8, 4) is 10.7 Å². The van der Waals surface area contributed by atoms with Crippen molar-refractivity contribution in [3.05, 3.63) is 47.8 Å². The van der Waals surface area contributed by atoms with Gasteiger partial charge in [0.1, 0.15) is 6.54 Å². The van der Waals surface area contributed by atoms with Crippen molar-refractivity contribution < 1.29 is 13.2 Å². The third-order valence-corrected chi connectivity index (χ3v) is 6.96. The minimum absolute atomic E-state index is 0.0289. The van der Waals surface area contributed by atoms with Crippen LogP contribution in [0.3, 0.4) is 0 Å². The van der Waals surface area contributed by atoms with Gasteiger partial charge in [-0.05, 0) is 35.2 Å². The van der Waals surface area contributed by atoms with Crippen LogP contribution in [-0.4, -0.2) is 52.1 Å². The van der Waals surface area contributed by atoms with Gasteiger partial charge in [-0.25, -0.2) is 8.42 Å². The first kappa shape index (κ1) is 17.8. The summed E-state index contributed by atoms with van der Waals surface area (Å²) in [5.41, 5.74) is 0.670. The van der Waals surface area contributed by atoms with Gasteiger partial charge in [0.05, 0.1) is 22.4 Å². The van der Waals surface area contributed by atoms with E-state index in [0.29, 0.717) is 17.9 Å². The maximum Gasteiger partial charge on any atom is 0.250 e. The number of sulfone groups is 1. The molecule has 1 aromatic carbocycles. The van der Waals surface area contributed by atoms with Gasteiger partial charge in [-0.1, -0.05) is 24.3 Å². The first-order chi connectivity index (χ1) is 13.0. The van der Waals surface area contributed by atoms with Crippen molar-refractivity contribution in [2.45, 2.75) is 19.0 Å². The maximum atomic E-state index is 13.0. The Labute approximate surface area is 160 Å². The number of aromatic nitrogens is 4. The predicted molar refractivity (Wildman–Crippen MR) is 102 cm³/mol. The van der Waals surface area contributed by atoms with Crippen molar-refractivity contribution in [2.75, 3.05) is 16.4 Å². The normalized spacial score (nSPS) is 18.4. The van der Waals surface area contributed by atoms with Crippen LogP contribution >= 0.6 is 11.3 Å². The van der Waals surface area contributed by atoms with E-state index >= 15 is 0 Å². The van der Waals surface area contributed by atoms with Gasteiger partial charge in [0.2, 0.25) is 5.82 Å². The fourth-order valence-electron chi connectivity index (χ4n) is 3.14. The fraction of sp³-hybridized carbons (Fsp3) is 0.294. The van der Waals surface area contributed by atoms with Crippen LogP contribution in [-0.2, 0) is 21.2 Å². The first-order valence-electron chi connectivity index (χ1n) is 8.41. The minimum atomic E-state index is -3.12. The molecule has 140 valence electrons. The van der Waals surface area contributed by atoms with Crippen molar-refractivity contribution >= 4 is 32.8 Å². The van der Waals surface area contributed by atoms with Crippen molar-refractivity contribution in [3.63, 3.8) is 0 Å². The fourth-order valence-corrected chi connectivity index (χ4v) is 5.49. The molecule has 3 heterocycles. The summed E-state index contributed by atoms with van der Waals surface area (Å²) in [4.78, 5) is 16.7. The summed E-state index contributed by atoms with van der Waals surface area (Å²) in [6, 6.07) is 12.5. The molecule has 1 atom stereocenters. The number of benzene rings is 1. The van der Waals surface area contributed by atoms with Crippen LogP contribution in [0.15, 0.2) is 47.8 Å². The minimum Gasteiger partial charge on any atom is -0.307 e. The van der Waals surface area contributed by atoms with Gasteiger partial charge < -0.3 is 4.90 Å². The predicted octanol–water partition coefficient (Wildman–Crippen LogP) is 1.62. The molecule has 0 unspecified atom stereocenters. The smallest absolute Gasteiger partial charge is 0.250 e. The molecule has 1 amide bonds. The molecule has 1 aliphatic rings. The Hall–Kier alpha value is -2.59. The second kappa shape index (κ2) is 7.20. The summed E-state index contributed by atoms with van der Waals surface area (Å²) < 4.78 is 23.8. The third kappa shape index (κ3) is 3.91. The maximum absolute atomic E-state index is 13.0. The van der Waals surface area contributed by atoms with Crippen LogP contribution in [0.1, 0.15) is 6.42 Å². The van der Waals surface area contributed by atoms with Crippen LogP contribution in [0.2, 0.25) is 0 Å². The molecule has 3 aromatic rings. The topological polar surface area (TPSA) is 98.1 Å². The van der Waals surface area contributed by atoms with Crippen molar-refractivity contribution in [2.24, 2.45) is 0 Å². The standard InChI is InChI=1S/C17H17N5O3S2/c23-16(11-21-19-17(18-20-21)15-7-4-9-26-15)22(13-5-2-1-3-6-13)14-8-10-27(24,25)12-14/h1-7,9,14H,8,10-12H2/t14-/m0/s1. The Morgan fingerprint density at radius 2 is 2.04 bits per heavy atom. The van der Waals surface area contributed by atoms with E-state index in [0.717, 1.165) is 4.88 Å². The van der Waals surface area contributed by atoms with Crippen LogP contribution in [0.4, 0.5) is 5.69 Å². The highest BCUT2D eigenvalue weighted by molar-refractivity contribution is 7.91. The lowest BCUT2D eigenvalue weighted by atomic mass is 10.2. The zero-order valence-corrected chi connectivity index (χ0v) is 15.9. The molecule has 27 heavy (non-hydrogen) atoms. The molecule has 0 radical (unpaired) electrons. The first-order valence-corrected chi connectivity index (χ1v) is 11.1. The van der Waals surface area contributed by atoms with Crippen LogP contribution < -0.4 is 4.90 Å². The largest absolute Gasteiger partial charge is 0.307 e. The average molecular weight is 403 g/mol. The molecule has 0 aliphatic carbocycles. The lowest BCUT2D eigenvalue weighted by molar-refractivity contribution is -0.120. The van der Waals surface area contributed by atoms with E-state index in [2.05, 4.69) is 15.4 Å². The number of nitrogens with zero attached hydrogens (tertiary/aromatic N) is 5. The van der Waals surface area contributed by atoms with E-state index in [-0.39, 0.29) is 30.0 Å². The number of para-hydroxylation sites is 1. The van der Waals surface area contributed by atoms with E-state index in [4.69, 9.17) is 0 Å². The lowest BCUT2D eigenvalue weighted by Crippen LogP contribution is -2.43. The quantitative estimate of drug-likeness (QED) is 0.642. The van der Waals surface area contributed by atoms with E-state index in [1.165, 1.54) is 16.1 Å². The monoisotopic (exact) mass is 403 g/mol. The summed E-state index contributed by atoms with van der Waals surface area (Å²) in [6.07, 6.45) is 0.425. The molecule has 4 rings (SSSR count). The number of carbonyl (C=O) groups excluding carboxylic acids is 1. The molecule has 1 saturated heterocycles. The van der Waals surface area contributed by atoms with Gasteiger partial charge in [0, 0.05) is 5.69 Å². The van der Waals surface area contributed by atoms with Gasteiger partial charge in [-0.3, -0.25) is 4.79 Å². The Bertz CT molecular complexity index is 1030. The molecule has 1 fully saturated rings. The van der Waals surface area contributed by atoms with Gasteiger partial charge in [-0.2, -0.15) is 4.80 Å². The van der Waals surface area contributed by atoms with E-state index in [1.807, 2.05) is 35.7 Å². The molecule has 0 bridgehead atoms. The van der Waals surface area contributed by atoms with Gasteiger partial charge >= 0.3 is 0 Å². The second-order valence-electron chi connectivity index (χ2n) is 6.28. The number of tetrazole rings is 1. The zero-order valence-electron chi connectivity index (χ0n) is 14.3. The molecule has 0 spiro atoms. The van der Waals surface area contributed by atoms with E-state index < -0.39 is 9.84 Å². The zero-order chi connectivity index (χ0) is 18.9.